The van der Waals surface area contributed by atoms with Gasteiger partial charge < -0.3 is 9.64 Å². The molecule has 0 saturated heterocycles. The second-order valence-electron chi connectivity index (χ2n) is 4.18. The highest BCUT2D eigenvalue weighted by Crippen LogP contribution is 2.15. The van der Waals surface area contributed by atoms with Crippen LogP contribution in [0.2, 0.25) is 0 Å². The van der Waals surface area contributed by atoms with Crippen LogP contribution in [-0.4, -0.2) is 29.8 Å². The van der Waals surface area contributed by atoms with Crippen LogP contribution in [-0.2, 0) is 11.3 Å². The summed E-state index contributed by atoms with van der Waals surface area (Å²) in [5, 5.41) is 0.704. The van der Waals surface area contributed by atoms with Crippen molar-refractivity contribution in [2.24, 2.45) is 0 Å². The molecule has 1 rings (SSSR count). The van der Waals surface area contributed by atoms with Crippen molar-refractivity contribution in [2.45, 2.75) is 26.3 Å². The maximum atomic E-state index is 11.7. The van der Waals surface area contributed by atoms with Crippen molar-refractivity contribution in [1.82, 2.24) is 4.90 Å². The molecule has 3 nitrogen and oxygen atoms in total. The quantitative estimate of drug-likeness (QED) is 0.723. The summed E-state index contributed by atoms with van der Waals surface area (Å²) in [7, 11) is 1.82. The zero-order valence-corrected chi connectivity index (χ0v) is 12.6. The molecule has 1 amide bonds. The molecule has 0 aliphatic rings. The predicted octanol–water partition coefficient (Wildman–Crippen LogP) is 3.22. The minimum absolute atomic E-state index is 0.145. The van der Waals surface area contributed by atoms with Gasteiger partial charge in [-0.1, -0.05) is 35.0 Å². The fourth-order valence-electron chi connectivity index (χ4n) is 1.59. The number of nitrogens with zero attached hydrogens (tertiary/aromatic N) is 1. The summed E-state index contributed by atoms with van der Waals surface area (Å²) in [6.07, 6.45) is 1.52. The van der Waals surface area contributed by atoms with Crippen LogP contribution in [0.25, 0.3) is 0 Å². The van der Waals surface area contributed by atoms with E-state index in [1.54, 1.807) is 4.90 Å². The number of hydrogen-bond donors (Lipinski definition) is 0. The molecule has 0 heterocycles. The number of ether oxygens (including phenoxy) is 1. The zero-order chi connectivity index (χ0) is 13.4. The third-order valence-corrected chi connectivity index (χ3v) is 2.92. The largest absolute Gasteiger partial charge is 0.494 e. The first kappa shape index (κ1) is 15.0. The number of carbonyl (C=O) groups excluding carboxylic acids is 1. The van der Waals surface area contributed by atoms with Gasteiger partial charge >= 0.3 is 0 Å². The van der Waals surface area contributed by atoms with Gasteiger partial charge in [0.05, 0.1) is 6.61 Å². The third kappa shape index (κ3) is 5.08. The van der Waals surface area contributed by atoms with Crippen molar-refractivity contribution in [3.63, 3.8) is 0 Å². The lowest BCUT2D eigenvalue weighted by atomic mass is 10.2. The summed E-state index contributed by atoms with van der Waals surface area (Å²) >= 11 is 3.28. The predicted molar refractivity (Wildman–Crippen MR) is 77.1 cm³/mol. The molecular weight excluding hydrogens is 294 g/mol. The topological polar surface area (TPSA) is 29.5 Å². The maximum Gasteiger partial charge on any atom is 0.223 e. The molecule has 100 valence electrons. The third-order valence-electron chi connectivity index (χ3n) is 2.53. The number of alkyl halides is 1. The molecule has 0 saturated carbocycles. The van der Waals surface area contributed by atoms with Gasteiger partial charge in [-0.2, -0.15) is 0 Å². The van der Waals surface area contributed by atoms with E-state index >= 15 is 0 Å². The summed E-state index contributed by atoms with van der Waals surface area (Å²) in [6.45, 7) is 3.42. The van der Waals surface area contributed by atoms with Gasteiger partial charge in [-0.3, -0.25) is 4.79 Å². The highest BCUT2D eigenvalue weighted by molar-refractivity contribution is 9.09. The van der Waals surface area contributed by atoms with E-state index in [9.17, 15) is 4.79 Å². The first-order valence-corrected chi connectivity index (χ1v) is 7.31. The van der Waals surface area contributed by atoms with Gasteiger partial charge in [0.1, 0.15) is 5.75 Å². The molecule has 1 aromatic rings. The monoisotopic (exact) mass is 313 g/mol. The second kappa shape index (κ2) is 8.14. The summed E-state index contributed by atoms with van der Waals surface area (Å²) in [6, 6.07) is 7.91. The van der Waals surface area contributed by atoms with E-state index in [1.165, 1.54) is 0 Å². The number of halogens is 1. The molecule has 0 spiro atoms. The Labute approximate surface area is 117 Å². The number of benzene rings is 1. The smallest absolute Gasteiger partial charge is 0.223 e. The molecule has 0 aromatic heterocycles. The lowest BCUT2D eigenvalue weighted by Crippen LogP contribution is -2.26. The highest BCUT2D eigenvalue weighted by Gasteiger charge is 2.08. The molecule has 0 aliphatic heterocycles. The van der Waals surface area contributed by atoms with Gasteiger partial charge in [0.15, 0.2) is 0 Å². The van der Waals surface area contributed by atoms with Gasteiger partial charge in [0.2, 0.25) is 5.91 Å². The van der Waals surface area contributed by atoms with Crippen molar-refractivity contribution >= 4 is 21.8 Å². The fraction of sp³-hybridized carbons (Fsp3) is 0.500. The van der Waals surface area contributed by atoms with Crippen LogP contribution in [0.5, 0.6) is 5.75 Å². The summed E-state index contributed by atoms with van der Waals surface area (Å²) in [5.41, 5.74) is 1.09. The van der Waals surface area contributed by atoms with E-state index in [4.69, 9.17) is 4.74 Å². The first-order valence-electron chi connectivity index (χ1n) is 6.19. The van der Waals surface area contributed by atoms with Crippen LogP contribution in [0.3, 0.4) is 0 Å². The standard InChI is InChI=1S/C14H20BrNO2/c1-3-9-18-13-6-4-5-12(10-13)11-16(2)14(17)7-8-15/h4-6,10H,3,7-9,11H2,1-2H3. The summed E-state index contributed by atoms with van der Waals surface area (Å²) in [4.78, 5) is 13.4. The number of hydrogen-bond acceptors (Lipinski definition) is 2. The van der Waals surface area contributed by atoms with Crippen molar-refractivity contribution in [3.05, 3.63) is 29.8 Å². The van der Waals surface area contributed by atoms with Crippen LogP contribution in [0, 0.1) is 0 Å². The Bertz CT molecular complexity index is 382. The average Bonchev–Trinajstić information content (AvgIpc) is 2.37. The SMILES string of the molecule is CCCOc1cccc(CN(C)C(=O)CCBr)c1. The van der Waals surface area contributed by atoms with E-state index in [2.05, 4.69) is 22.9 Å². The summed E-state index contributed by atoms with van der Waals surface area (Å²) < 4.78 is 5.57. The molecule has 4 heteroatoms. The lowest BCUT2D eigenvalue weighted by molar-refractivity contribution is -0.129. The average molecular weight is 314 g/mol. The van der Waals surface area contributed by atoms with Crippen LogP contribution in [0.1, 0.15) is 25.3 Å². The molecule has 0 atom stereocenters. The lowest BCUT2D eigenvalue weighted by Gasteiger charge is -2.17. The Morgan fingerprint density at radius 3 is 2.89 bits per heavy atom. The van der Waals surface area contributed by atoms with Gasteiger partial charge in [-0.15, -0.1) is 0 Å². The minimum Gasteiger partial charge on any atom is -0.494 e. The van der Waals surface area contributed by atoms with Crippen molar-refractivity contribution in [3.8, 4) is 5.75 Å². The van der Waals surface area contributed by atoms with Gasteiger partial charge in [0, 0.05) is 25.3 Å². The Balaban J connectivity index is 2.58. The number of amides is 1. The molecule has 18 heavy (non-hydrogen) atoms. The Hall–Kier alpha value is -1.03. The molecule has 0 bridgehead atoms. The molecule has 1 aromatic carbocycles. The molecule has 0 radical (unpaired) electrons. The van der Waals surface area contributed by atoms with E-state index < -0.39 is 0 Å². The van der Waals surface area contributed by atoms with Crippen molar-refractivity contribution in [2.75, 3.05) is 19.0 Å². The van der Waals surface area contributed by atoms with Gasteiger partial charge in [-0.25, -0.2) is 0 Å². The Morgan fingerprint density at radius 2 is 2.22 bits per heavy atom. The number of carbonyl (C=O) groups is 1. The van der Waals surface area contributed by atoms with Crippen LogP contribution < -0.4 is 4.74 Å². The second-order valence-corrected chi connectivity index (χ2v) is 4.98. The molecule has 0 N–H and O–H groups in total. The maximum absolute atomic E-state index is 11.7. The minimum atomic E-state index is 0.145. The van der Waals surface area contributed by atoms with Gasteiger partial charge in [-0.05, 0) is 24.1 Å². The van der Waals surface area contributed by atoms with Crippen molar-refractivity contribution in [1.29, 1.82) is 0 Å². The zero-order valence-electron chi connectivity index (χ0n) is 11.0. The van der Waals surface area contributed by atoms with Crippen LogP contribution in [0.4, 0.5) is 0 Å². The van der Waals surface area contributed by atoms with E-state index in [0.717, 1.165) is 24.3 Å². The number of rotatable bonds is 7. The fourth-order valence-corrected chi connectivity index (χ4v) is 1.93. The molecule has 0 fully saturated rings. The first-order chi connectivity index (χ1) is 8.67. The van der Waals surface area contributed by atoms with E-state index in [0.29, 0.717) is 18.3 Å². The molecular formula is C14H20BrNO2. The van der Waals surface area contributed by atoms with Crippen LogP contribution >= 0.6 is 15.9 Å². The Kier molecular flexibility index (Phi) is 6.80. The Morgan fingerprint density at radius 1 is 1.44 bits per heavy atom. The van der Waals surface area contributed by atoms with Crippen LogP contribution in [0.15, 0.2) is 24.3 Å². The summed E-state index contributed by atoms with van der Waals surface area (Å²) in [5.74, 6) is 1.02. The van der Waals surface area contributed by atoms with Gasteiger partial charge in [0.25, 0.3) is 0 Å². The normalized spacial score (nSPS) is 10.2. The molecule has 0 aliphatic carbocycles. The molecule has 0 unspecified atom stereocenters. The van der Waals surface area contributed by atoms with Crippen molar-refractivity contribution < 1.29 is 9.53 Å². The van der Waals surface area contributed by atoms with E-state index in [-0.39, 0.29) is 5.91 Å². The highest BCUT2D eigenvalue weighted by atomic mass is 79.9. The van der Waals surface area contributed by atoms with E-state index in [1.807, 2.05) is 31.3 Å².